The molecule has 0 unspecified atom stereocenters. The third kappa shape index (κ3) is 4.20. The van der Waals surface area contributed by atoms with E-state index in [0.29, 0.717) is 40.0 Å². The lowest BCUT2D eigenvalue weighted by Gasteiger charge is -2.15. The monoisotopic (exact) mass is 549 g/mol. The fourth-order valence-corrected chi connectivity index (χ4v) is 6.71. The summed E-state index contributed by atoms with van der Waals surface area (Å²) in [7, 11) is -3.94. The molecule has 3 aromatic carbocycles. The van der Waals surface area contributed by atoms with E-state index in [0.717, 1.165) is 22.5 Å². The van der Waals surface area contributed by atoms with Crippen molar-refractivity contribution >= 4 is 43.6 Å². The average molecular weight is 550 g/mol. The SMILES string of the molecule is Cc1cc2c(C(N)=O)cccc2n1-c1cc(NCc2ccccc2)c2cc(C)n(S(=O)(=O)c3ccccc3)c2n1. The lowest BCUT2D eigenvalue weighted by atomic mass is 10.1. The second-order valence-electron chi connectivity index (χ2n) is 9.70. The van der Waals surface area contributed by atoms with E-state index in [-0.39, 0.29) is 4.90 Å². The smallest absolute Gasteiger partial charge is 0.269 e. The van der Waals surface area contributed by atoms with Crippen LogP contribution in [0.25, 0.3) is 27.8 Å². The summed E-state index contributed by atoms with van der Waals surface area (Å²) in [5, 5.41) is 4.89. The minimum Gasteiger partial charge on any atom is -0.380 e. The molecule has 200 valence electrons. The molecule has 0 saturated heterocycles. The van der Waals surface area contributed by atoms with E-state index in [9.17, 15) is 13.2 Å². The maximum Gasteiger partial charge on any atom is 0.269 e. The number of rotatable bonds is 7. The zero-order valence-electron chi connectivity index (χ0n) is 22.0. The van der Waals surface area contributed by atoms with Gasteiger partial charge < -0.3 is 11.1 Å². The Labute approximate surface area is 231 Å². The van der Waals surface area contributed by atoms with Gasteiger partial charge in [-0.15, -0.1) is 0 Å². The molecule has 3 heterocycles. The predicted molar refractivity (Wildman–Crippen MR) is 157 cm³/mol. The summed E-state index contributed by atoms with van der Waals surface area (Å²) in [6.07, 6.45) is 0. The van der Waals surface area contributed by atoms with Gasteiger partial charge in [0, 0.05) is 46.0 Å². The van der Waals surface area contributed by atoms with E-state index in [1.54, 1.807) is 49.4 Å². The Balaban J connectivity index is 1.62. The largest absolute Gasteiger partial charge is 0.380 e. The number of anilines is 1. The summed E-state index contributed by atoms with van der Waals surface area (Å²) in [4.78, 5) is 17.2. The number of nitrogens with two attached hydrogens (primary N) is 1. The molecule has 0 aliphatic carbocycles. The highest BCUT2D eigenvalue weighted by molar-refractivity contribution is 7.90. The zero-order valence-corrected chi connectivity index (χ0v) is 22.8. The summed E-state index contributed by atoms with van der Waals surface area (Å²) in [5.41, 5.74) is 10.3. The number of nitrogens with one attached hydrogen (secondary N) is 1. The quantitative estimate of drug-likeness (QED) is 0.271. The Hall–Kier alpha value is -4.89. The molecule has 6 aromatic rings. The van der Waals surface area contributed by atoms with Crippen molar-refractivity contribution in [3.63, 3.8) is 0 Å². The van der Waals surface area contributed by atoms with Gasteiger partial charge >= 0.3 is 0 Å². The normalized spacial score (nSPS) is 11.8. The molecule has 0 aliphatic heterocycles. The zero-order chi connectivity index (χ0) is 28.0. The Morgan fingerprint density at radius 3 is 2.23 bits per heavy atom. The van der Waals surface area contributed by atoms with Gasteiger partial charge in [-0.3, -0.25) is 9.36 Å². The van der Waals surface area contributed by atoms with Crippen molar-refractivity contribution in [1.29, 1.82) is 0 Å². The van der Waals surface area contributed by atoms with E-state index in [1.807, 2.05) is 66.1 Å². The number of nitrogens with zero attached hydrogens (tertiary/aromatic N) is 3. The van der Waals surface area contributed by atoms with Gasteiger partial charge in [0.2, 0.25) is 5.91 Å². The molecule has 40 heavy (non-hydrogen) atoms. The number of primary amides is 1. The van der Waals surface area contributed by atoms with Crippen LogP contribution in [-0.4, -0.2) is 27.8 Å². The molecule has 3 N–H and O–H groups in total. The van der Waals surface area contributed by atoms with Crippen LogP contribution in [0.3, 0.4) is 0 Å². The van der Waals surface area contributed by atoms with Crippen molar-refractivity contribution in [1.82, 2.24) is 13.5 Å². The Morgan fingerprint density at radius 1 is 0.850 bits per heavy atom. The fraction of sp³-hybridized carbons (Fsp3) is 0.0968. The highest BCUT2D eigenvalue weighted by Gasteiger charge is 2.25. The van der Waals surface area contributed by atoms with Crippen LogP contribution in [0.15, 0.2) is 102 Å². The number of hydrogen-bond acceptors (Lipinski definition) is 5. The van der Waals surface area contributed by atoms with Crippen LogP contribution in [0.5, 0.6) is 0 Å². The van der Waals surface area contributed by atoms with E-state index in [1.165, 1.54) is 3.97 Å². The first-order valence-corrected chi connectivity index (χ1v) is 14.2. The third-order valence-electron chi connectivity index (χ3n) is 7.02. The van der Waals surface area contributed by atoms with Crippen LogP contribution in [0.1, 0.15) is 27.3 Å². The molecule has 0 radical (unpaired) electrons. The second-order valence-corrected chi connectivity index (χ2v) is 11.5. The van der Waals surface area contributed by atoms with Gasteiger partial charge in [-0.25, -0.2) is 17.4 Å². The first-order valence-electron chi connectivity index (χ1n) is 12.8. The van der Waals surface area contributed by atoms with Gasteiger partial charge in [0.05, 0.1) is 10.4 Å². The number of carbonyl (C=O) groups is 1. The lowest BCUT2D eigenvalue weighted by molar-refractivity contribution is 0.100. The van der Waals surface area contributed by atoms with Crippen LogP contribution in [0, 0.1) is 13.8 Å². The third-order valence-corrected chi connectivity index (χ3v) is 8.83. The van der Waals surface area contributed by atoms with Crippen LogP contribution >= 0.6 is 0 Å². The van der Waals surface area contributed by atoms with Gasteiger partial charge in [0.15, 0.2) is 5.65 Å². The molecule has 0 saturated carbocycles. The minimum atomic E-state index is -3.94. The van der Waals surface area contributed by atoms with Crippen LogP contribution in [0.4, 0.5) is 5.69 Å². The Kier molecular flexibility index (Phi) is 6.15. The highest BCUT2D eigenvalue weighted by Crippen LogP contribution is 2.34. The molecule has 0 spiro atoms. The number of pyridine rings is 1. The summed E-state index contributed by atoms with van der Waals surface area (Å²) in [6, 6.07) is 29.3. The molecule has 6 rings (SSSR count). The van der Waals surface area contributed by atoms with Crippen molar-refractivity contribution in [2.75, 3.05) is 5.32 Å². The van der Waals surface area contributed by atoms with Crippen LogP contribution in [-0.2, 0) is 16.6 Å². The Bertz CT molecular complexity index is 2010. The Morgan fingerprint density at radius 2 is 1.52 bits per heavy atom. The number of carbonyl (C=O) groups excluding carboxylic acids is 1. The standard InChI is InChI=1S/C31H27N5O3S/c1-20-16-25-24(30(32)37)14-9-15-28(25)35(20)29-18-27(33-19-22-10-5-3-6-11-22)26-17-21(2)36(31(26)34-29)40(38,39)23-12-7-4-8-13-23/h3-18H,19H2,1-2H3,(H2,32,37)(H,33,34). The van der Waals surface area contributed by atoms with Crippen LogP contribution in [0.2, 0.25) is 0 Å². The van der Waals surface area contributed by atoms with Crippen molar-refractivity contribution in [2.24, 2.45) is 5.73 Å². The summed E-state index contributed by atoms with van der Waals surface area (Å²) in [6.45, 7) is 4.21. The molecule has 0 aliphatic rings. The van der Waals surface area contributed by atoms with Crippen molar-refractivity contribution in [2.45, 2.75) is 25.3 Å². The fourth-order valence-electron chi connectivity index (χ4n) is 5.20. The van der Waals surface area contributed by atoms with E-state index < -0.39 is 15.9 Å². The summed E-state index contributed by atoms with van der Waals surface area (Å²) >= 11 is 0. The number of fused-ring (bicyclic) bond motifs is 2. The molecule has 0 fully saturated rings. The maximum absolute atomic E-state index is 13.9. The van der Waals surface area contributed by atoms with Crippen molar-refractivity contribution in [3.8, 4) is 5.82 Å². The summed E-state index contributed by atoms with van der Waals surface area (Å²) < 4.78 is 30.9. The number of hydrogen-bond donors (Lipinski definition) is 2. The molecular weight excluding hydrogens is 522 g/mol. The van der Waals surface area contributed by atoms with Gasteiger partial charge in [-0.2, -0.15) is 0 Å². The number of benzene rings is 3. The molecule has 3 aromatic heterocycles. The van der Waals surface area contributed by atoms with Crippen molar-refractivity contribution < 1.29 is 13.2 Å². The molecule has 9 heteroatoms. The van der Waals surface area contributed by atoms with Crippen molar-refractivity contribution in [3.05, 3.63) is 120 Å². The average Bonchev–Trinajstić information content (AvgIpc) is 3.48. The van der Waals surface area contributed by atoms with Crippen LogP contribution < -0.4 is 11.1 Å². The maximum atomic E-state index is 13.9. The molecular formula is C31H27N5O3S. The predicted octanol–water partition coefficient (Wildman–Crippen LogP) is 5.55. The number of aromatic nitrogens is 3. The van der Waals surface area contributed by atoms with Gasteiger partial charge in [-0.1, -0.05) is 54.6 Å². The summed E-state index contributed by atoms with van der Waals surface area (Å²) in [5.74, 6) is -0.00497. The van der Waals surface area contributed by atoms with Gasteiger partial charge in [0.1, 0.15) is 5.82 Å². The van der Waals surface area contributed by atoms with E-state index >= 15 is 0 Å². The van der Waals surface area contributed by atoms with Gasteiger partial charge in [-0.05, 0) is 55.8 Å². The topological polar surface area (TPSA) is 112 Å². The lowest BCUT2D eigenvalue weighted by Crippen LogP contribution is -2.15. The van der Waals surface area contributed by atoms with Gasteiger partial charge in [0.25, 0.3) is 10.0 Å². The molecule has 0 bridgehead atoms. The number of aryl methyl sites for hydroxylation is 2. The highest BCUT2D eigenvalue weighted by atomic mass is 32.2. The first-order chi connectivity index (χ1) is 19.3. The second kappa shape index (κ2) is 9.69. The molecule has 0 atom stereocenters. The first kappa shape index (κ1) is 25.4. The minimum absolute atomic E-state index is 0.176. The molecule has 1 amide bonds. The van der Waals surface area contributed by atoms with E-state index in [4.69, 9.17) is 10.7 Å². The number of amides is 1. The molecule has 8 nitrogen and oxygen atoms in total. The van der Waals surface area contributed by atoms with E-state index in [2.05, 4.69) is 5.32 Å².